The van der Waals surface area contributed by atoms with Gasteiger partial charge in [-0.15, -0.1) is 0 Å². The summed E-state index contributed by atoms with van der Waals surface area (Å²) in [6.45, 7) is 5.26. The molecule has 14 aromatic rings. The Hall–Kier alpha value is -9.66. The van der Waals surface area contributed by atoms with Crippen LogP contribution < -0.4 is 0 Å². The molecule has 8 nitrogen and oxygen atoms in total. The van der Waals surface area contributed by atoms with E-state index in [9.17, 15) is 11.0 Å². The summed E-state index contributed by atoms with van der Waals surface area (Å²) in [6.07, 6.45) is -5.46. The SMILES string of the molecule is [2H]C([2H])([2H])c1cnc(-c2ccc(-c3ccccc3-c3cc(C([2H])([2H])C([2H])([2H])c4ccc5c6ncccc6c6c(C)c(C)nn6c5c4)cc(C([2H])([2H])C([2H])([2H])c4cnc5c6ncccc6c6c(C)c(C)nn6c5c4)c3)cc2)cc1-c1ccc(-c2ccccc2)cc1. The summed E-state index contributed by atoms with van der Waals surface area (Å²) in [4.78, 5) is 18.8. The standard InChI is InChI=1S/C71H56N8/c1-43-41-74-64(40-63(43)55-26-24-53(25-27-55)52-13-7-6-8-14-52)56-30-28-54(29-31-56)58-15-9-10-16-59(58)57-36-49(20-19-48-23-32-60-65(38-48)78-70(44(2)46(4)76-78)61-17-11-33-72-67(60)61)35-50(37-57)21-22-51-39-66-69(75-42-51)68-62(18-12-34-73-68)71-45(3)47(5)77-79(66)71/h6-18,23-42H,19-22H2,1-5H3/i1D3,19D2,20D2,21D2,22D2. The molecule has 8 heteroatoms. The summed E-state index contributed by atoms with van der Waals surface area (Å²) in [6, 6.07) is 52.7. The number of benzene rings is 6. The van der Waals surface area contributed by atoms with Crippen molar-refractivity contribution < 1.29 is 15.1 Å². The van der Waals surface area contributed by atoms with Gasteiger partial charge in [0.05, 0.1) is 44.7 Å². The van der Waals surface area contributed by atoms with Crippen LogP contribution >= 0.6 is 0 Å². The van der Waals surface area contributed by atoms with Gasteiger partial charge in [-0.25, -0.2) is 9.03 Å². The molecule has 0 amide bonds. The first kappa shape index (κ1) is 37.2. The molecular weight excluding hydrogens is 965 g/mol. The van der Waals surface area contributed by atoms with E-state index in [1.807, 2.05) is 149 Å². The van der Waals surface area contributed by atoms with Crippen LogP contribution in [0, 0.1) is 34.5 Å². The Morgan fingerprint density at radius 1 is 0.392 bits per heavy atom. The summed E-state index contributed by atoms with van der Waals surface area (Å²) in [5.74, 6) is 0. The third-order valence-electron chi connectivity index (χ3n) is 15.2. The molecule has 0 N–H and O–H groups in total. The van der Waals surface area contributed by atoms with Crippen LogP contribution in [-0.2, 0) is 25.5 Å². The number of aryl methyl sites for hydroxylation is 9. The second kappa shape index (κ2) is 19.4. The lowest BCUT2D eigenvalue weighted by Gasteiger charge is -2.15. The van der Waals surface area contributed by atoms with E-state index in [1.165, 1.54) is 30.6 Å². The zero-order chi connectivity index (χ0) is 63.0. The Morgan fingerprint density at radius 3 is 1.65 bits per heavy atom. The first-order chi connectivity index (χ1) is 42.9. The van der Waals surface area contributed by atoms with E-state index in [1.54, 1.807) is 57.8 Å². The fourth-order valence-electron chi connectivity index (χ4n) is 11.0. The smallest absolute Gasteiger partial charge is 0.115 e. The molecule has 0 radical (unpaired) electrons. The highest BCUT2D eigenvalue weighted by Crippen LogP contribution is 2.38. The van der Waals surface area contributed by atoms with E-state index >= 15 is 0 Å². The third-order valence-corrected chi connectivity index (χ3v) is 15.2. The number of hydrogen-bond acceptors (Lipinski definition) is 6. The predicted molar refractivity (Wildman–Crippen MR) is 324 cm³/mol. The van der Waals surface area contributed by atoms with Crippen LogP contribution in [-0.4, -0.2) is 39.2 Å². The minimum atomic E-state index is -2.94. The number of fused-ring (bicyclic) bond motifs is 12. The molecular formula is C71H56N8. The van der Waals surface area contributed by atoms with Crippen LogP contribution in [0.4, 0.5) is 0 Å². The molecule has 6 aromatic carbocycles. The Balaban J connectivity index is 0.900. The Bertz CT molecular complexity index is 5030. The molecule has 8 aromatic heterocycles. The van der Waals surface area contributed by atoms with Crippen molar-refractivity contribution in [2.75, 3.05) is 0 Å². The molecule has 8 heterocycles. The lowest BCUT2D eigenvalue weighted by Crippen LogP contribution is -2.00. The van der Waals surface area contributed by atoms with Gasteiger partial charge >= 0.3 is 0 Å². The van der Waals surface area contributed by atoms with E-state index in [-0.39, 0.29) is 27.8 Å². The van der Waals surface area contributed by atoms with Crippen molar-refractivity contribution >= 4 is 54.8 Å². The molecule has 380 valence electrons. The highest BCUT2D eigenvalue weighted by molar-refractivity contribution is 6.11. The number of pyridine rings is 6. The van der Waals surface area contributed by atoms with Gasteiger partial charge in [-0.2, -0.15) is 10.2 Å². The summed E-state index contributed by atoms with van der Waals surface area (Å²) >= 11 is 0. The molecule has 0 aliphatic heterocycles. The van der Waals surface area contributed by atoms with Crippen molar-refractivity contribution in [3.63, 3.8) is 0 Å². The highest BCUT2D eigenvalue weighted by Gasteiger charge is 2.19. The van der Waals surface area contributed by atoms with Crippen LogP contribution in [0.5, 0.6) is 0 Å². The molecule has 0 aliphatic rings. The number of nitrogens with zero attached hydrogens (tertiary/aromatic N) is 8. The molecule has 0 saturated carbocycles. The van der Waals surface area contributed by atoms with Crippen molar-refractivity contribution in [3.8, 4) is 55.8 Å². The summed E-state index contributed by atoms with van der Waals surface area (Å²) in [5.41, 5.74) is 13.7. The molecule has 0 atom stereocenters. The Labute approximate surface area is 474 Å². The van der Waals surface area contributed by atoms with E-state index in [4.69, 9.17) is 24.3 Å². The van der Waals surface area contributed by atoms with Crippen molar-refractivity contribution in [2.45, 2.75) is 60.0 Å². The predicted octanol–water partition coefficient (Wildman–Crippen LogP) is 16.6. The first-order valence-corrected chi connectivity index (χ1v) is 26.2. The van der Waals surface area contributed by atoms with Gasteiger partial charge in [0, 0.05) is 61.6 Å². The topological polar surface area (TPSA) is 86.2 Å². The van der Waals surface area contributed by atoms with Gasteiger partial charge in [0.15, 0.2) is 0 Å². The van der Waals surface area contributed by atoms with E-state index in [0.29, 0.717) is 72.0 Å². The van der Waals surface area contributed by atoms with E-state index in [2.05, 4.69) is 9.97 Å². The maximum atomic E-state index is 10.0. The van der Waals surface area contributed by atoms with Crippen LogP contribution in [0.2, 0.25) is 0 Å². The normalized spacial score (nSPS) is 14.8. The molecule has 14 rings (SSSR count). The fourth-order valence-corrected chi connectivity index (χ4v) is 11.0. The number of hydrogen-bond donors (Lipinski definition) is 0. The lowest BCUT2D eigenvalue weighted by atomic mass is 9.90. The van der Waals surface area contributed by atoms with Crippen molar-refractivity contribution in [2.24, 2.45) is 0 Å². The number of aromatic nitrogens is 8. The van der Waals surface area contributed by atoms with Crippen LogP contribution in [0.25, 0.3) is 111 Å². The summed E-state index contributed by atoms with van der Waals surface area (Å²) in [7, 11) is 0. The first-order valence-electron chi connectivity index (χ1n) is 31.7. The monoisotopic (exact) mass is 1030 g/mol. The van der Waals surface area contributed by atoms with Crippen molar-refractivity contribution in [3.05, 3.63) is 251 Å². The quantitative estimate of drug-likeness (QED) is 0.120. The zero-order valence-corrected chi connectivity index (χ0v) is 43.6. The van der Waals surface area contributed by atoms with Gasteiger partial charge in [0.2, 0.25) is 0 Å². The van der Waals surface area contributed by atoms with Gasteiger partial charge in [0.25, 0.3) is 0 Å². The van der Waals surface area contributed by atoms with Gasteiger partial charge in [-0.1, -0.05) is 133 Å². The van der Waals surface area contributed by atoms with E-state index < -0.39 is 32.3 Å². The van der Waals surface area contributed by atoms with E-state index in [0.717, 1.165) is 61.0 Å². The van der Waals surface area contributed by atoms with Crippen LogP contribution in [0.1, 0.15) is 65.4 Å². The maximum Gasteiger partial charge on any atom is 0.115 e. The van der Waals surface area contributed by atoms with Gasteiger partial charge in [-0.05, 0) is 186 Å². The molecule has 0 saturated heterocycles. The van der Waals surface area contributed by atoms with Crippen molar-refractivity contribution in [1.82, 2.24) is 39.2 Å². The molecule has 0 spiro atoms. The Kier molecular flexibility index (Phi) is 9.14. The lowest BCUT2D eigenvalue weighted by molar-refractivity contribution is 0.923. The molecule has 79 heavy (non-hydrogen) atoms. The molecule has 0 aliphatic carbocycles. The largest absolute Gasteiger partial charge is 0.256 e. The van der Waals surface area contributed by atoms with Crippen molar-refractivity contribution in [1.29, 1.82) is 0 Å². The minimum Gasteiger partial charge on any atom is -0.256 e. The maximum absolute atomic E-state index is 10.0. The third kappa shape index (κ3) is 8.48. The van der Waals surface area contributed by atoms with Crippen LogP contribution in [0.15, 0.2) is 201 Å². The molecule has 0 bridgehead atoms. The van der Waals surface area contributed by atoms with Gasteiger partial charge in [0.1, 0.15) is 11.0 Å². The summed E-state index contributed by atoms with van der Waals surface area (Å²) < 4.78 is 108. The molecule has 0 fully saturated rings. The van der Waals surface area contributed by atoms with Crippen LogP contribution in [0.3, 0.4) is 0 Å². The Morgan fingerprint density at radius 2 is 0.949 bits per heavy atom. The number of rotatable bonds is 11. The highest BCUT2D eigenvalue weighted by atomic mass is 15.2. The minimum absolute atomic E-state index is 0.0107. The second-order valence-corrected chi connectivity index (χ2v) is 20.0. The fraction of sp³-hybridized carbons (Fsp3) is 0.127. The molecule has 0 unspecified atom stereocenters. The van der Waals surface area contributed by atoms with Gasteiger partial charge < -0.3 is 0 Å². The average molecular weight is 1030 g/mol. The second-order valence-electron chi connectivity index (χ2n) is 20.0. The average Bonchev–Trinajstić information content (AvgIpc) is 1.37. The van der Waals surface area contributed by atoms with Gasteiger partial charge in [-0.3, -0.25) is 19.9 Å². The summed E-state index contributed by atoms with van der Waals surface area (Å²) in [5, 5.41) is 12.1. The zero-order valence-electron chi connectivity index (χ0n) is 54.6.